The highest BCUT2D eigenvalue weighted by molar-refractivity contribution is 5.96. The molecule has 0 aliphatic carbocycles. The van der Waals surface area contributed by atoms with Crippen molar-refractivity contribution in [2.75, 3.05) is 11.9 Å². The largest absolute Gasteiger partial charge is 0.457 e. The number of carbonyl (C=O) groups is 1. The van der Waals surface area contributed by atoms with Gasteiger partial charge in [0, 0.05) is 30.1 Å². The predicted octanol–water partition coefficient (Wildman–Crippen LogP) is 6.09. The summed E-state index contributed by atoms with van der Waals surface area (Å²) in [5, 5.41) is 1.01. The number of anilines is 2. The number of aromatic nitrogens is 2. The molecule has 0 unspecified atom stereocenters. The minimum absolute atomic E-state index is 0.126. The van der Waals surface area contributed by atoms with Gasteiger partial charge < -0.3 is 9.64 Å². The number of ketones is 1. The Hall–Kier alpha value is -3.73. The lowest BCUT2D eigenvalue weighted by atomic mass is 10.1. The monoisotopic (exact) mass is 397 g/mol. The molecular weight excluding hydrogens is 374 g/mol. The van der Waals surface area contributed by atoms with Crippen LogP contribution in [0.15, 0.2) is 72.8 Å². The van der Waals surface area contributed by atoms with E-state index in [2.05, 4.69) is 9.97 Å². The number of hydrogen-bond acceptors (Lipinski definition) is 5. The second-order valence-corrected chi connectivity index (χ2v) is 7.07. The van der Waals surface area contributed by atoms with E-state index < -0.39 is 0 Å². The van der Waals surface area contributed by atoms with Crippen LogP contribution in [0.4, 0.5) is 11.5 Å². The molecule has 0 spiro atoms. The first kappa shape index (κ1) is 19.6. The van der Waals surface area contributed by atoms with Gasteiger partial charge in [-0.3, -0.25) is 4.79 Å². The van der Waals surface area contributed by atoms with Crippen molar-refractivity contribution in [3.8, 4) is 11.5 Å². The van der Waals surface area contributed by atoms with Crippen LogP contribution in [-0.4, -0.2) is 22.8 Å². The van der Waals surface area contributed by atoms with Gasteiger partial charge in [-0.15, -0.1) is 0 Å². The van der Waals surface area contributed by atoms with Gasteiger partial charge in [-0.05, 0) is 67.6 Å². The molecule has 0 bridgehead atoms. The first-order chi connectivity index (χ1) is 14.5. The number of nitrogens with zero attached hydrogens (tertiary/aromatic N) is 3. The summed E-state index contributed by atoms with van der Waals surface area (Å²) >= 11 is 0. The summed E-state index contributed by atoms with van der Waals surface area (Å²) in [6.07, 6.45) is 0.496. The maximum absolute atomic E-state index is 11.7. The van der Waals surface area contributed by atoms with E-state index in [9.17, 15) is 4.79 Å². The Bertz CT molecular complexity index is 1190. The number of ether oxygens (including phenoxy) is 1. The second kappa shape index (κ2) is 8.33. The van der Waals surface area contributed by atoms with Crippen LogP contribution in [0.3, 0.4) is 0 Å². The summed E-state index contributed by atoms with van der Waals surface area (Å²) in [6.45, 7) is 3.76. The molecule has 4 rings (SSSR count). The number of carbonyl (C=O) groups excluding carboxylic acids is 1. The van der Waals surface area contributed by atoms with Gasteiger partial charge in [-0.2, -0.15) is 0 Å². The average molecular weight is 397 g/mol. The van der Waals surface area contributed by atoms with Crippen molar-refractivity contribution in [3.05, 3.63) is 84.2 Å². The fourth-order valence-electron chi connectivity index (χ4n) is 3.34. The van der Waals surface area contributed by atoms with Gasteiger partial charge in [0.1, 0.15) is 23.1 Å². The zero-order valence-corrected chi connectivity index (χ0v) is 17.3. The highest BCUT2D eigenvalue weighted by Crippen LogP contribution is 2.31. The molecule has 0 amide bonds. The van der Waals surface area contributed by atoms with Crippen molar-refractivity contribution >= 4 is 28.2 Å². The van der Waals surface area contributed by atoms with E-state index in [0.29, 0.717) is 17.7 Å². The van der Waals surface area contributed by atoms with Crippen LogP contribution in [0.2, 0.25) is 0 Å². The topological polar surface area (TPSA) is 55.3 Å². The minimum Gasteiger partial charge on any atom is -0.457 e. The molecule has 1 aromatic heterocycles. The summed E-state index contributed by atoms with van der Waals surface area (Å²) in [4.78, 5) is 23.0. The second-order valence-electron chi connectivity index (χ2n) is 7.07. The van der Waals surface area contributed by atoms with Crippen molar-refractivity contribution in [2.24, 2.45) is 0 Å². The van der Waals surface area contributed by atoms with Crippen molar-refractivity contribution in [1.82, 2.24) is 9.97 Å². The van der Waals surface area contributed by atoms with E-state index in [1.165, 1.54) is 0 Å². The maximum atomic E-state index is 11.7. The molecule has 30 heavy (non-hydrogen) atoms. The maximum Gasteiger partial charge on any atom is 0.162 e. The molecule has 0 saturated carbocycles. The highest BCUT2D eigenvalue weighted by Gasteiger charge is 2.12. The lowest BCUT2D eigenvalue weighted by Gasteiger charge is -2.20. The smallest absolute Gasteiger partial charge is 0.162 e. The summed E-state index contributed by atoms with van der Waals surface area (Å²) < 4.78 is 5.92. The minimum atomic E-state index is 0.126. The van der Waals surface area contributed by atoms with Crippen LogP contribution < -0.4 is 9.64 Å². The van der Waals surface area contributed by atoms with Crippen molar-refractivity contribution in [2.45, 2.75) is 20.3 Å². The van der Waals surface area contributed by atoms with Crippen molar-refractivity contribution < 1.29 is 9.53 Å². The Balaban J connectivity index is 1.54. The zero-order valence-electron chi connectivity index (χ0n) is 17.3. The molecule has 4 aromatic rings. The Morgan fingerprint density at radius 1 is 0.900 bits per heavy atom. The lowest BCUT2D eigenvalue weighted by molar-refractivity contribution is 0.0988. The fourth-order valence-corrected chi connectivity index (χ4v) is 3.34. The number of Topliss-reactive ketones (excluding diaryl/α,β-unsaturated/α-hetero) is 1. The zero-order chi connectivity index (χ0) is 21.1. The lowest BCUT2D eigenvalue weighted by Crippen LogP contribution is -2.12. The van der Waals surface area contributed by atoms with Crippen molar-refractivity contribution in [1.29, 1.82) is 0 Å². The summed E-state index contributed by atoms with van der Waals surface area (Å²) in [6, 6.07) is 23.1. The molecule has 0 saturated heterocycles. The number of rotatable bonds is 6. The van der Waals surface area contributed by atoms with Crippen LogP contribution in [0.25, 0.3) is 10.9 Å². The molecule has 150 valence electrons. The predicted molar refractivity (Wildman–Crippen MR) is 120 cm³/mol. The molecular formula is C25H23N3O2. The Kier molecular flexibility index (Phi) is 5.44. The molecule has 1 heterocycles. The number of para-hydroxylation sites is 1. The van der Waals surface area contributed by atoms with Crippen LogP contribution >= 0.6 is 0 Å². The first-order valence-electron chi connectivity index (χ1n) is 9.93. The first-order valence-corrected chi connectivity index (χ1v) is 9.93. The number of benzene rings is 3. The molecule has 5 nitrogen and oxygen atoms in total. The SMILES string of the molecule is CCC(=O)c1ccc(Oc2ccc(N(C)c3nc(C)nc4ccccc34)cc2)cc1. The van der Waals surface area contributed by atoms with Crippen LogP contribution in [0.1, 0.15) is 29.5 Å². The van der Waals surface area contributed by atoms with Gasteiger partial charge in [-0.1, -0.05) is 19.1 Å². The number of hydrogen-bond donors (Lipinski definition) is 0. The van der Waals surface area contributed by atoms with E-state index in [4.69, 9.17) is 4.74 Å². The normalized spacial score (nSPS) is 10.8. The van der Waals surface area contributed by atoms with Crippen LogP contribution in [0, 0.1) is 6.92 Å². The van der Waals surface area contributed by atoms with Gasteiger partial charge >= 0.3 is 0 Å². The molecule has 5 heteroatoms. The Labute approximate surface area is 176 Å². The molecule has 0 aliphatic heterocycles. The van der Waals surface area contributed by atoms with E-state index in [1.807, 2.05) is 86.5 Å². The van der Waals surface area contributed by atoms with Gasteiger partial charge in [0.15, 0.2) is 5.78 Å². The molecule has 0 fully saturated rings. The number of aryl methyl sites for hydroxylation is 1. The third-order valence-corrected chi connectivity index (χ3v) is 4.97. The van der Waals surface area contributed by atoms with Crippen molar-refractivity contribution in [3.63, 3.8) is 0 Å². The van der Waals surface area contributed by atoms with E-state index >= 15 is 0 Å². The van der Waals surface area contributed by atoms with Crippen LogP contribution in [0.5, 0.6) is 11.5 Å². The summed E-state index contributed by atoms with van der Waals surface area (Å²) in [5.74, 6) is 3.15. The Morgan fingerprint density at radius 2 is 1.53 bits per heavy atom. The highest BCUT2D eigenvalue weighted by atomic mass is 16.5. The van der Waals surface area contributed by atoms with Gasteiger partial charge in [0.25, 0.3) is 0 Å². The van der Waals surface area contributed by atoms with Gasteiger partial charge in [0.05, 0.1) is 5.52 Å². The van der Waals surface area contributed by atoms with Crippen LogP contribution in [-0.2, 0) is 0 Å². The molecule has 0 N–H and O–H groups in total. The summed E-state index contributed by atoms with van der Waals surface area (Å²) in [5.41, 5.74) is 2.63. The molecule has 0 atom stereocenters. The van der Waals surface area contributed by atoms with Gasteiger partial charge in [-0.25, -0.2) is 9.97 Å². The summed E-state index contributed by atoms with van der Waals surface area (Å²) in [7, 11) is 1.99. The third kappa shape index (κ3) is 4.01. The third-order valence-electron chi connectivity index (χ3n) is 4.97. The Morgan fingerprint density at radius 3 is 2.20 bits per heavy atom. The fraction of sp³-hybridized carbons (Fsp3) is 0.160. The standard InChI is InChI=1S/C25H23N3O2/c1-4-24(29)18-9-13-20(14-10-18)30-21-15-11-19(12-16-21)28(3)25-22-7-5-6-8-23(22)26-17(2)27-25/h5-16H,4H2,1-3H3. The van der Waals surface area contributed by atoms with Gasteiger partial charge in [0.2, 0.25) is 0 Å². The number of fused-ring (bicyclic) bond motifs is 1. The van der Waals surface area contributed by atoms with E-state index in [1.54, 1.807) is 12.1 Å². The molecule has 3 aromatic carbocycles. The quantitative estimate of drug-likeness (QED) is 0.368. The average Bonchev–Trinajstić information content (AvgIpc) is 2.78. The molecule has 0 radical (unpaired) electrons. The van der Waals surface area contributed by atoms with E-state index in [0.717, 1.165) is 34.0 Å². The molecule has 0 aliphatic rings. The van der Waals surface area contributed by atoms with E-state index in [-0.39, 0.29) is 5.78 Å².